The number of ether oxygens (including phenoxy) is 1. The first-order chi connectivity index (χ1) is 14.1. The van der Waals surface area contributed by atoms with E-state index in [4.69, 9.17) is 4.74 Å². The molecule has 1 aromatic carbocycles. The lowest BCUT2D eigenvalue weighted by Crippen LogP contribution is -2.34. The molecule has 8 heteroatoms. The number of esters is 1. The fraction of sp³-hybridized carbons (Fsp3) is 0.429. The Morgan fingerprint density at radius 1 is 1.17 bits per heavy atom. The Morgan fingerprint density at radius 2 is 1.83 bits per heavy atom. The molecule has 1 saturated carbocycles. The maximum atomic E-state index is 12.8. The van der Waals surface area contributed by atoms with E-state index in [0.29, 0.717) is 5.95 Å². The minimum Gasteiger partial charge on any atom is -0.454 e. The molecule has 29 heavy (non-hydrogen) atoms. The van der Waals surface area contributed by atoms with Gasteiger partial charge < -0.3 is 20.5 Å². The number of hydrogen-bond acceptors (Lipinski definition) is 6. The summed E-state index contributed by atoms with van der Waals surface area (Å²) < 4.78 is 5.63. The monoisotopic (exact) mass is 394 g/mol. The van der Waals surface area contributed by atoms with E-state index in [1.54, 1.807) is 18.5 Å². The molecule has 1 aromatic heterocycles. The SMILES string of the molecule is CN(C)c1ccc(C(Nc2ncccn2)C(=[N+]=[N-])C(=O)OC2CCCCC2)cc1. The van der Waals surface area contributed by atoms with Crippen LogP contribution >= 0.6 is 0 Å². The molecule has 152 valence electrons. The maximum Gasteiger partial charge on any atom is 0.419 e. The summed E-state index contributed by atoms with van der Waals surface area (Å²) in [5.74, 6) is -0.315. The van der Waals surface area contributed by atoms with Crippen molar-refractivity contribution in [1.29, 1.82) is 0 Å². The number of benzene rings is 1. The Kier molecular flexibility index (Phi) is 6.92. The normalized spacial score (nSPS) is 15.1. The van der Waals surface area contributed by atoms with Crippen molar-refractivity contribution >= 4 is 23.3 Å². The van der Waals surface area contributed by atoms with Crippen LogP contribution in [0.1, 0.15) is 43.7 Å². The number of hydrogen-bond donors (Lipinski definition) is 1. The largest absolute Gasteiger partial charge is 0.454 e. The number of nitrogens with zero attached hydrogens (tertiary/aromatic N) is 5. The van der Waals surface area contributed by atoms with Gasteiger partial charge >= 0.3 is 11.7 Å². The number of aromatic nitrogens is 2. The number of rotatable bonds is 7. The van der Waals surface area contributed by atoms with Gasteiger partial charge in [0.05, 0.1) is 0 Å². The van der Waals surface area contributed by atoms with Crippen LogP contribution in [-0.2, 0) is 9.53 Å². The fourth-order valence-electron chi connectivity index (χ4n) is 3.39. The van der Waals surface area contributed by atoms with Gasteiger partial charge in [0.25, 0.3) is 0 Å². The highest BCUT2D eigenvalue weighted by Crippen LogP contribution is 2.24. The van der Waals surface area contributed by atoms with Gasteiger partial charge in [0.2, 0.25) is 5.95 Å². The first kappa shape index (κ1) is 20.5. The first-order valence-electron chi connectivity index (χ1n) is 9.82. The molecule has 0 aliphatic heterocycles. The van der Waals surface area contributed by atoms with Gasteiger partial charge in [0.15, 0.2) is 6.04 Å². The molecule has 1 aliphatic carbocycles. The molecule has 1 unspecified atom stereocenters. The molecule has 8 nitrogen and oxygen atoms in total. The molecular formula is C21H26N6O2. The van der Waals surface area contributed by atoms with Crippen LogP contribution in [0.15, 0.2) is 42.7 Å². The van der Waals surface area contributed by atoms with Gasteiger partial charge in [0, 0.05) is 32.2 Å². The average molecular weight is 394 g/mol. The molecule has 1 N–H and O–H groups in total. The standard InChI is InChI=1S/C21H26N6O2/c1-27(2)16-11-9-15(10-12-16)18(25-21-23-13-6-14-24-21)19(26-22)20(28)29-17-7-4-3-5-8-17/h6,9-14,17-18H,3-5,7-8H2,1-2H3,(H,23,24,25). The fourth-order valence-corrected chi connectivity index (χ4v) is 3.39. The van der Waals surface area contributed by atoms with Gasteiger partial charge in [-0.2, -0.15) is 4.79 Å². The van der Waals surface area contributed by atoms with Crippen molar-refractivity contribution in [3.63, 3.8) is 0 Å². The number of carbonyl (C=O) groups excluding carboxylic acids is 1. The van der Waals surface area contributed by atoms with Crippen molar-refractivity contribution in [2.45, 2.75) is 44.2 Å². The summed E-state index contributed by atoms with van der Waals surface area (Å²) in [6, 6.07) is 8.54. The highest BCUT2D eigenvalue weighted by molar-refractivity contribution is 6.36. The van der Waals surface area contributed by atoms with E-state index < -0.39 is 12.0 Å². The zero-order valence-corrected chi connectivity index (χ0v) is 16.8. The van der Waals surface area contributed by atoms with Crippen molar-refractivity contribution in [3.8, 4) is 0 Å². The highest BCUT2D eigenvalue weighted by atomic mass is 16.5. The molecule has 1 atom stereocenters. The van der Waals surface area contributed by atoms with E-state index in [1.807, 2.05) is 43.3 Å². The number of anilines is 2. The molecule has 0 amide bonds. The molecule has 3 rings (SSSR count). The summed E-state index contributed by atoms with van der Waals surface area (Å²) >= 11 is 0. The third-order valence-electron chi connectivity index (χ3n) is 5.00. The maximum absolute atomic E-state index is 12.8. The number of carbonyl (C=O) groups is 1. The second-order valence-corrected chi connectivity index (χ2v) is 7.29. The Labute approximate surface area is 170 Å². The van der Waals surface area contributed by atoms with Gasteiger partial charge in [-0.3, -0.25) is 0 Å². The smallest absolute Gasteiger partial charge is 0.419 e. The van der Waals surface area contributed by atoms with Gasteiger partial charge in [-0.1, -0.05) is 18.6 Å². The predicted molar refractivity (Wildman–Crippen MR) is 111 cm³/mol. The topological polar surface area (TPSA) is 104 Å². The van der Waals surface area contributed by atoms with Crippen molar-refractivity contribution < 1.29 is 14.3 Å². The summed E-state index contributed by atoms with van der Waals surface area (Å²) in [5, 5.41) is 3.09. The van der Waals surface area contributed by atoms with Crippen molar-refractivity contribution in [1.82, 2.24) is 9.97 Å². The third kappa shape index (κ3) is 5.39. The second kappa shape index (κ2) is 9.80. The van der Waals surface area contributed by atoms with Crippen molar-refractivity contribution in [2.75, 3.05) is 24.3 Å². The minimum atomic E-state index is -0.755. The minimum absolute atomic E-state index is 0.124. The Hall–Kier alpha value is -3.25. The van der Waals surface area contributed by atoms with E-state index in [1.165, 1.54) is 0 Å². The van der Waals surface area contributed by atoms with E-state index in [-0.39, 0.29) is 11.8 Å². The molecule has 0 spiro atoms. The quantitative estimate of drug-likeness (QED) is 0.335. The van der Waals surface area contributed by atoms with E-state index in [2.05, 4.69) is 20.1 Å². The van der Waals surface area contributed by atoms with Gasteiger partial charge in [0.1, 0.15) is 6.10 Å². The van der Waals surface area contributed by atoms with E-state index in [9.17, 15) is 10.3 Å². The Morgan fingerprint density at radius 3 is 2.41 bits per heavy atom. The van der Waals surface area contributed by atoms with Crippen LogP contribution in [0.5, 0.6) is 0 Å². The first-order valence-corrected chi connectivity index (χ1v) is 9.82. The summed E-state index contributed by atoms with van der Waals surface area (Å²) in [5.41, 5.74) is 11.3. The summed E-state index contributed by atoms with van der Waals surface area (Å²) in [6.45, 7) is 0. The zero-order chi connectivity index (χ0) is 20.6. The van der Waals surface area contributed by atoms with Gasteiger partial charge in [-0.15, -0.1) is 0 Å². The van der Waals surface area contributed by atoms with Crippen LogP contribution in [0.3, 0.4) is 0 Å². The molecule has 2 aromatic rings. The van der Waals surface area contributed by atoms with Crippen LogP contribution < -0.4 is 10.2 Å². The van der Waals surface area contributed by atoms with Crippen LogP contribution in [0.2, 0.25) is 0 Å². The Bertz CT molecular complexity index is 856. The van der Waals surface area contributed by atoms with Crippen LogP contribution in [0.25, 0.3) is 5.53 Å². The lowest BCUT2D eigenvalue weighted by Gasteiger charge is -2.22. The van der Waals surface area contributed by atoms with Crippen LogP contribution in [0.4, 0.5) is 11.6 Å². The average Bonchev–Trinajstić information content (AvgIpc) is 2.75. The van der Waals surface area contributed by atoms with Crippen molar-refractivity contribution in [3.05, 3.63) is 53.8 Å². The molecule has 0 saturated heterocycles. The van der Waals surface area contributed by atoms with Crippen LogP contribution in [-0.4, -0.2) is 46.6 Å². The summed E-state index contributed by atoms with van der Waals surface area (Å²) in [7, 11) is 3.90. The molecule has 0 bridgehead atoms. The number of nitrogens with one attached hydrogen (secondary N) is 1. The molecular weight excluding hydrogens is 368 g/mol. The summed E-state index contributed by atoms with van der Waals surface area (Å²) in [4.78, 5) is 26.4. The van der Waals surface area contributed by atoms with E-state index >= 15 is 0 Å². The van der Waals surface area contributed by atoms with E-state index in [0.717, 1.165) is 43.4 Å². The molecule has 0 radical (unpaired) electrons. The second-order valence-electron chi connectivity index (χ2n) is 7.29. The molecule has 1 fully saturated rings. The predicted octanol–water partition coefficient (Wildman–Crippen LogP) is 3.24. The van der Waals surface area contributed by atoms with Gasteiger partial charge in [-0.05, 0) is 49.4 Å². The Balaban J connectivity index is 1.87. The molecule has 1 aliphatic rings. The summed E-state index contributed by atoms with van der Waals surface area (Å²) in [6.07, 6.45) is 7.95. The van der Waals surface area contributed by atoms with Crippen molar-refractivity contribution in [2.24, 2.45) is 0 Å². The van der Waals surface area contributed by atoms with Gasteiger partial charge in [-0.25, -0.2) is 14.8 Å². The lowest BCUT2D eigenvalue weighted by molar-refractivity contribution is -0.147. The lowest BCUT2D eigenvalue weighted by atomic mass is 9.97. The zero-order valence-electron chi connectivity index (χ0n) is 16.8. The highest BCUT2D eigenvalue weighted by Gasteiger charge is 2.36. The van der Waals surface area contributed by atoms with Crippen LogP contribution in [0, 0.1) is 0 Å². The molecule has 1 heterocycles. The third-order valence-corrected chi connectivity index (χ3v) is 5.00.